The molecule has 1 heterocycles. The van der Waals surface area contributed by atoms with Gasteiger partial charge in [0.2, 0.25) is 0 Å². The Labute approximate surface area is 117 Å². The Hall–Kier alpha value is -0.910. The van der Waals surface area contributed by atoms with Crippen molar-refractivity contribution in [2.24, 2.45) is 0 Å². The van der Waals surface area contributed by atoms with Crippen LogP contribution in [0.1, 0.15) is 40.1 Å². The first-order valence-corrected chi connectivity index (χ1v) is 7.77. The average molecular weight is 283 g/mol. The summed E-state index contributed by atoms with van der Waals surface area (Å²) in [6, 6.07) is 0. The van der Waals surface area contributed by atoms with E-state index in [2.05, 4.69) is 5.32 Å². The predicted octanol–water partition coefficient (Wildman–Crippen LogP) is 1.76. The molecule has 1 aliphatic carbocycles. The molecule has 0 spiro atoms. The van der Waals surface area contributed by atoms with Gasteiger partial charge in [-0.1, -0.05) is 0 Å². The van der Waals surface area contributed by atoms with E-state index in [0.29, 0.717) is 19.8 Å². The molecule has 0 aromatic carbocycles. The summed E-state index contributed by atoms with van der Waals surface area (Å²) in [5.74, 6) is 0.0431. The fourth-order valence-corrected chi connectivity index (χ4v) is 3.45. The van der Waals surface area contributed by atoms with Crippen molar-refractivity contribution in [3.05, 3.63) is 21.4 Å². The Balaban J connectivity index is 1.75. The van der Waals surface area contributed by atoms with E-state index in [1.54, 1.807) is 11.3 Å². The van der Waals surface area contributed by atoms with Crippen molar-refractivity contribution >= 4 is 17.2 Å². The lowest BCUT2D eigenvalue weighted by Crippen LogP contribution is -2.26. The smallest absolute Gasteiger partial charge is 0.252 e. The van der Waals surface area contributed by atoms with E-state index in [9.17, 15) is 4.79 Å². The lowest BCUT2D eigenvalue weighted by atomic mass is 9.96. The van der Waals surface area contributed by atoms with Gasteiger partial charge in [0.05, 0.1) is 18.8 Å². The second-order valence-electron chi connectivity index (χ2n) is 4.70. The van der Waals surface area contributed by atoms with Gasteiger partial charge in [-0.05, 0) is 37.7 Å². The van der Waals surface area contributed by atoms with E-state index in [-0.39, 0.29) is 12.5 Å². The molecule has 0 atom stereocenters. The largest absolute Gasteiger partial charge is 0.394 e. The molecule has 0 bridgehead atoms. The highest BCUT2D eigenvalue weighted by molar-refractivity contribution is 7.10. The third-order valence-electron chi connectivity index (χ3n) is 3.29. The Morgan fingerprint density at radius 2 is 2.21 bits per heavy atom. The number of carbonyl (C=O) groups is 1. The van der Waals surface area contributed by atoms with Crippen LogP contribution in [0.2, 0.25) is 0 Å². The van der Waals surface area contributed by atoms with E-state index >= 15 is 0 Å². The zero-order valence-electron chi connectivity index (χ0n) is 11.1. The predicted molar refractivity (Wildman–Crippen MR) is 75.8 cm³/mol. The number of rotatable bonds is 7. The first-order valence-electron chi connectivity index (χ1n) is 6.89. The highest BCUT2D eigenvalue weighted by Gasteiger charge is 2.19. The molecule has 0 radical (unpaired) electrons. The van der Waals surface area contributed by atoms with E-state index in [1.165, 1.54) is 23.3 Å². The van der Waals surface area contributed by atoms with Gasteiger partial charge in [0.1, 0.15) is 0 Å². The number of ether oxygens (including phenoxy) is 1. The van der Waals surface area contributed by atoms with Crippen LogP contribution in [0, 0.1) is 0 Å². The summed E-state index contributed by atoms with van der Waals surface area (Å²) >= 11 is 1.72. The minimum absolute atomic E-state index is 0.0431. The van der Waals surface area contributed by atoms with Crippen LogP contribution in [-0.2, 0) is 17.6 Å². The number of aliphatic hydroxyl groups excluding tert-OH is 1. The highest BCUT2D eigenvalue weighted by atomic mass is 32.1. The molecule has 1 aromatic rings. The van der Waals surface area contributed by atoms with Gasteiger partial charge < -0.3 is 15.2 Å². The van der Waals surface area contributed by atoms with Gasteiger partial charge in [-0.2, -0.15) is 0 Å². The van der Waals surface area contributed by atoms with Crippen LogP contribution in [0.4, 0.5) is 0 Å². The number of fused-ring (bicyclic) bond motifs is 1. The van der Waals surface area contributed by atoms with E-state index < -0.39 is 0 Å². The molecule has 0 saturated heterocycles. The van der Waals surface area contributed by atoms with Crippen LogP contribution in [-0.4, -0.2) is 37.4 Å². The fraction of sp³-hybridized carbons (Fsp3) is 0.643. The Bertz CT molecular complexity index is 417. The van der Waals surface area contributed by atoms with Crippen LogP contribution < -0.4 is 5.32 Å². The molecule has 1 aromatic heterocycles. The lowest BCUT2D eigenvalue weighted by molar-refractivity contribution is 0.0867. The maximum atomic E-state index is 12.1. The molecular weight excluding hydrogens is 262 g/mol. The number of thiophene rings is 1. The van der Waals surface area contributed by atoms with E-state index in [1.807, 2.05) is 5.38 Å². The third kappa shape index (κ3) is 4.03. The molecule has 0 saturated carbocycles. The number of amides is 1. The first kappa shape index (κ1) is 14.5. The molecule has 5 heteroatoms. The monoisotopic (exact) mass is 283 g/mol. The second kappa shape index (κ2) is 7.62. The number of hydrogen-bond donors (Lipinski definition) is 2. The van der Waals surface area contributed by atoms with Crippen LogP contribution in [0.25, 0.3) is 0 Å². The number of aryl methyl sites for hydroxylation is 1. The highest BCUT2D eigenvalue weighted by Crippen LogP contribution is 2.29. The maximum absolute atomic E-state index is 12.1. The maximum Gasteiger partial charge on any atom is 0.252 e. The van der Waals surface area contributed by atoms with Gasteiger partial charge in [-0.15, -0.1) is 11.3 Å². The molecule has 106 valence electrons. The number of nitrogens with one attached hydrogen (secondary N) is 1. The average Bonchev–Trinajstić information content (AvgIpc) is 2.86. The number of aliphatic hydroxyl groups is 1. The third-order valence-corrected chi connectivity index (χ3v) is 4.38. The summed E-state index contributed by atoms with van der Waals surface area (Å²) in [6.07, 6.45) is 5.39. The van der Waals surface area contributed by atoms with Crippen LogP contribution in [0.3, 0.4) is 0 Å². The van der Waals surface area contributed by atoms with Gasteiger partial charge in [-0.3, -0.25) is 4.79 Å². The summed E-state index contributed by atoms with van der Waals surface area (Å²) < 4.78 is 5.15. The van der Waals surface area contributed by atoms with Gasteiger partial charge in [0.15, 0.2) is 0 Å². The number of carbonyl (C=O) groups excluding carboxylic acids is 1. The standard InChI is InChI=1S/C14H21NO3S/c16-7-9-18-8-3-6-15-14(17)12-10-19-13-5-2-1-4-11(12)13/h10,16H,1-9H2,(H,15,17). The second-order valence-corrected chi connectivity index (χ2v) is 5.67. The van der Waals surface area contributed by atoms with Gasteiger partial charge in [-0.25, -0.2) is 0 Å². The summed E-state index contributed by atoms with van der Waals surface area (Å²) in [5.41, 5.74) is 2.14. The van der Waals surface area contributed by atoms with Crippen molar-refractivity contribution in [3.63, 3.8) is 0 Å². The minimum Gasteiger partial charge on any atom is -0.394 e. The molecule has 1 amide bonds. The first-order chi connectivity index (χ1) is 9.33. The summed E-state index contributed by atoms with van der Waals surface area (Å²) in [6.45, 7) is 1.61. The summed E-state index contributed by atoms with van der Waals surface area (Å²) in [7, 11) is 0. The zero-order chi connectivity index (χ0) is 13.5. The van der Waals surface area contributed by atoms with Gasteiger partial charge in [0.25, 0.3) is 5.91 Å². The molecule has 0 unspecified atom stereocenters. The summed E-state index contributed by atoms with van der Waals surface area (Å²) in [5, 5.41) is 13.5. The fourth-order valence-electron chi connectivity index (χ4n) is 2.32. The molecular formula is C14H21NO3S. The Kier molecular flexibility index (Phi) is 5.82. The van der Waals surface area contributed by atoms with Gasteiger partial charge >= 0.3 is 0 Å². The van der Waals surface area contributed by atoms with Crippen molar-refractivity contribution in [1.29, 1.82) is 0 Å². The molecule has 19 heavy (non-hydrogen) atoms. The van der Waals surface area contributed by atoms with Crippen molar-refractivity contribution in [2.45, 2.75) is 32.1 Å². The van der Waals surface area contributed by atoms with Crippen LogP contribution in [0.5, 0.6) is 0 Å². The quantitative estimate of drug-likeness (QED) is 0.750. The van der Waals surface area contributed by atoms with Crippen LogP contribution >= 0.6 is 11.3 Å². The van der Waals surface area contributed by atoms with Crippen molar-refractivity contribution < 1.29 is 14.6 Å². The Morgan fingerprint density at radius 1 is 1.37 bits per heavy atom. The van der Waals surface area contributed by atoms with E-state index in [0.717, 1.165) is 24.8 Å². The molecule has 1 aliphatic rings. The SMILES string of the molecule is O=C(NCCCOCCO)c1csc2c1CCCC2. The molecule has 0 fully saturated rings. The topological polar surface area (TPSA) is 58.6 Å². The zero-order valence-corrected chi connectivity index (χ0v) is 11.9. The van der Waals surface area contributed by atoms with Crippen molar-refractivity contribution in [1.82, 2.24) is 5.32 Å². The van der Waals surface area contributed by atoms with Crippen molar-refractivity contribution in [3.8, 4) is 0 Å². The minimum atomic E-state index is 0.0431. The van der Waals surface area contributed by atoms with E-state index in [4.69, 9.17) is 9.84 Å². The molecule has 4 nitrogen and oxygen atoms in total. The number of hydrogen-bond acceptors (Lipinski definition) is 4. The molecule has 0 aliphatic heterocycles. The van der Waals surface area contributed by atoms with Gasteiger partial charge in [0, 0.05) is 23.4 Å². The Morgan fingerprint density at radius 3 is 3.05 bits per heavy atom. The normalized spacial score (nSPS) is 14.2. The molecule has 2 N–H and O–H groups in total. The lowest BCUT2D eigenvalue weighted by Gasteiger charge is -2.12. The molecule has 2 rings (SSSR count). The van der Waals surface area contributed by atoms with Crippen LogP contribution in [0.15, 0.2) is 5.38 Å². The van der Waals surface area contributed by atoms with Crippen molar-refractivity contribution in [2.75, 3.05) is 26.4 Å². The summed E-state index contributed by atoms with van der Waals surface area (Å²) in [4.78, 5) is 13.5.